The topological polar surface area (TPSA) is 0 Å². The number of fused-ring (bicyclic) bond motifs is 3. The Morgan fingerprint density at radius 3 is 1.90 bits per heavy atom. The smallest absolute Gasteiger partial charge is 0.167 e. The number of hydrogen-bond acceptors (Lipinski definition) is 0. The van der Waals surface area contributed by atoms with Crippen LogP contribution in [0.4, 0.5) is 17.6 Å². The molecule has 0 atom stereocenters. The van der Waals surface area contributed by atoms with Crippen LogP contribution in [0.2, 0.25) is 0 Å². The third-order valence-electron chi connectivity index (χ3n) is 4.04. The second kappa shape index (κ2) is 4.58. The summed E-state index contributed by atoms with van der Waals surface area (Å²) >= 11 is 0. The molecule has 0 heterocycles. The van der Waals surface area contributed by atoms with Gasteiger partial charge >= 0.3 is 0 Å². The molecule has 0 amide bonds. The predicted octanol–water partition coefficient (Wildman–Crippen LogP) is 5.25. The summed E-state index contributed by atoms with van der Waals surface area (Å²) in [5, 5.41) is 0. The minimum atomic E-state index is -1.10. The Labute approximate surface area is 120 Å². The Kier molecular flexibility index (Phi) is 3.08. The van der Waals surface area contributed by atoms with Gasteiger partial charge in [0.1, 0.15) is 0 Å². The highest BCUT2D eigenvalue weighted by molar-refractivity contribution is 5.79. The molecule has 0 spiro atoms. The van der Waals surface area contributed by atoms with Crippen molar-refractivity contribution in [2.45, 2.75) is 33.1 Å². The van der Waals surface area contributed by atoms with E-state index in [9.17, 15) is 17.6 Å². The monoisotopic (exact) mass is 294 g/mol. The molecule has 110 valence electrons. The van der Waals surface area contributed by atoms with E-state index in [1.807, 2.05) is 0 Å². The van der Waals surface area contributed by atoms with Gasteiger partial charge in [-0.25, -0.2) is 17.6 Å². The zero-order valence-electron chi connectivity index (χ0n) is 12.0. The Balaban J connectivity index is 2.34. The molecular weight excluding hydrogens is 280 g/mol. The molecule has 21 heavy (non-hydrogen) atoms. The highest BCUT2D eigenvalue weighted by Gasteiger charge is 2.31. The van der Waals surface area contributed by atoms with Crippen LogP contribution < -0.4 is 0 Å². The van der Waals surface area contributed by atoms with Gasteiger partial charge in [-0.3, -0.25) is 0 Å². The van der Waals surface area contributed by atoms with Gasteiger partial charge in [-0.1, -0.05) is 26.0 Å². The lowest BCUT2D eigenvalue weighted by molar-refractivity contribution is 0.490. The van der Waals surface area contributed by atoms with Crippen molar-refractivity contribution in [3.05, 3.63) is 57.7 Å². The normalized spacial score (nSPS) is 12.8. The van der Waals surface area contributed by atoms with Crippen LogP contribution in [0.1, 0.15) is 42.0 Å². The largest absolute Gasteiger partial charge is 0.203 e. The molecule has 0 aliphatic heterocycles. The van der Waals surface area contributed by atoms with Crippen molar-refractivity contribution < 1.29 is 17.6 Å². The molecule has 0 unspecified atom stereocenters. The fraction of sp³-hybridized carbons (Fsp3) is 0.294. The van der Waals surface area contributed by atoms with E-state index in [2.05, 4.69) is 0 Å². The maximum absolute atomic E-state index is 14.4. The molecular formula is C17H14F4. The van der Waals surface area contributed by atoms with Crippen LogP contribution in [0.3, 0.4) is 0 Å². The highest BCUT2D eigenvalue weighted by atomic mass is 19.2. The molecule has 4 heteroatoms. The average Bonchev–Trinajstić information content (AvgIpc) is 2.78. The van der Waals surface area contributed by atoms with Gasteiger partial charge < -0.3 is 0 Å². The second-order valence-corrected chi connectivity index (χ2v) is 5.81. The van der Waals surface area contributed by atoms with Crippen molar-refractivity contribution >= 4 is 0 Å². The standard InChI is InChI=1S/C17H14F4/c1-7(2)11-6-10-5-9-4-8(3)14(18)16(20)12(9)13(10)17(21)15(11)19/h4,6-7H,5H2,1-3H3. The molecule has 0 fully saturated rings. The van der Waals surface area contributed by atoms with Crippen LogP contribution in [0.25, 0.3) is 11.1 Å². The molecule has 2 aromatic rings. The van der Waals surface area contributed by atoms with Gasteiger partial charge in [-0.05, 0) is 41.5 Å². The van der Waals surface area contributed by atoms with Crippen molar-refractivity contribution in [3.63, 3.8) is 0 Å². The summed E-state index contributed by atoms with van der Waals surface area (Å²) in [6.07, 6.45) is 0.291. The van der Waals surface area contributed by atoms with Gasteiger partial charge in [0.05, 0.1) is 0 Å². The number of aryl methyl sites for hydroxylation is 1. The highest BCUT2D eigenvalue weighted by Crippen LogP contribution is 2.43. The zero-order valence-corrected chi connectivity index (χ0v) is 12.0. The van der Waals surface area contributed by atoms with E-state index in [1.165, 1.54) is 13.0 Å². The summed E-state index contributed by atoms with van der Waals surface area (Å²) in [6.45, 7) is 4.98. The first-order chi connectivity index (χ1) is 9.82. The quantitative estimate of drug-likeness (QED) is 0.538. The molecule has 0 saturated carbocycles. The lowest BCUT2D eigenvalue weighted by Crippen LogP contribution is -2.01. The van der Waals surface area contributed by atoms with Crippen LogP contribution >= 0.6 is 0 Å². The Bertz CT molecular complexity index is 760. The summed E-state index contributed by atoms with van der Waals surface area (Å²) in [7, 11) is 0. The number of benzene rings is 2. The number of hydrogen-bond donors (Lipinski definition) is 0. The minimum Gasteiger partial charge on any atom is -0.203 e. The zero-order chi connectivity index (χ0) is 15.5. The predicted molar refractivity (Wildman–Crippen MR) is 73.3 cm³/mol. The first-order valence-electron chi connectivity index (χ1n) is 6.81. The van der Waals surface area contributed by atoms with Gasteiger partial charge in [0.2, 0.25) is 0 Å². The summed E-state index contributed by atoms with van der Waals surface area (Å²) in [6, 6.07) is 3.06. The fourth-order valence-corrected chi connectivity index (χ4v) is 2.97. The third kappa shape index (κ3) is 1.88. The molecule has 0 aromatic heterocycles. The summed E-state index contributed by atoms with van der Waals surface area (Å²) in [4.78, 5) is 0. The maximum Gasteiger partial charge on any atom is 0.167 e. The van der Waals surface area contributed by atoms with Gasteiger partial charge in [-0.2, -0.15) is 0 Å². The van der Waals surface area contributed by atoms with E-state index in [-0.39, 0.29) is 28.2 Å². The molecule has 0 bridgehead atoms. The molecule has 1 aliphatic rings. The van der Waals surface area contributed by atoms with E-state index in [0.29, 0.717) is 17.5 Å². The summed E-state index contributed by atoms with van der Waals surface area (Å²) in [5.41, 5.74) is 1.17. The molecule has 0 N–H and O–H groups in total. The Morgan fingerprint density at radius 2 is 1.33 bits per heavy atom. The van der Waals surface area contributed by atoms with E-state index < -0.39 is 23.3 Å². The van der Waals surface area contributed by atoms with E-state index in [4.69, 9.17) is 0 Å². The van der Waals surface area contributed by atoms with E-state index in [1.54, 1.807) is 19.9 Å². The SMILES string of the molecule is Cc1cc2c(c(F)c1F)-c1c(cc(C(C)C)c(F)c1F)C2. The lowest BCUT2D eigenvalue weighted by atomic mass is 9.95. The van der Waals surface area contributed by atoms with Crippen LogP contribution in [0, 0.1) is 30.2 Å². The fourth-order valence-electron chi connectivity index (χ4n) is 2.97. The van der Waals surface area contributed by atoms with Crippen molar-refractivity contribution in [3.8, 4) is 11.1 Å². The summed E-state index contributed by atoms with van der Waals surface area (Å²) < 4.78 is 56.4. The molecule has 2 aromatic carbocycles. The van der Waals surface area contributed by atoms with Crippen LogP contribution in [0.5, 0.6) is 0 Å². The van der Waals surface area contributed by atoms with Crippen LogP contribution in [-0.4, -0.2) is 0 Å². The van der Waals surface area contributed by atoms with Gasteiger partial charge in [-0.15, -0.1) is 0 Å². The van der Waals surface area contributed by atoms with Gasteiger partial charge in [0.15, 0.2) is 23.3 Å². The van der Waals surface area contributed by atoms with Gasteiger partial charge in [0.25, 0.3) is 0 Å². The summed E-state index contributed by atoms with van der Waals surface area (Å²) in [5.74, 6) is -4.35. The van der Waals surface area contributed by atoms with Crippen molar-refractivity contribution in [1.82, 2.24) is 0 Å². The number of rotatable bonds is 1. The maximum atomic E-state index is 14.4. The first kappa shape index (κ1) is 14.1. The van der Waals surface area contributed by atoms with Crippen LogP contribution in [-0.2, 0) is 6.42 Å². The van der Waals surface area contributed by atoms with E-state index in [0.717, 1.165) is 0 Å². The van der Waals surface area contributed by atoms with Crippen molar-refractivity contribution in [2.24, 2.45) is 0 Å². The molecule has 0 nitrogen and oxygen atoms in total. The molecule has 0 radical (unpaired) electrons. The Morgan fingerprint density at radius 1 is 0.810 bits per heavy atom. The van der Waals surface area contributed by atoms with Gasteiger partial charge in [0, 0.05) is 11.1 Å². The second-order valence-electron chi connectivity index (χ2n) is 5.81. The average molecular weight is 294 g/mol. The van der Waals surface area contributed by atoms with Crippen LogP contribution in [0.15, 0.2) is 12.1 Å². The molecule has 0 saturated heterocycles. The number of halogens is 4. The first-order valence-corrected chi connectivity index (χ1v) is 6.81. The van der Waals surface area contributed by atoms with Crippen molar-refractivity contribution in [1.29, 1.82) is 0 Å². The van der Waals surface area contributed by atoms with E-state index >= 15 is 0 Å². The minimum absolute atomic E-state index is 0.136. The Hall–Kier alpha value is -1.84. The molecule has 3 rings (SSSR count). The van der Waals surface area contributed by atoms with Crippen molar-refractivity contribution in [2.75, 3.05) is 0 Å². The third-order valence-corrected chi connectivity index (χ3v) is 4.04. The molecule has 1 aliphatic carbocycles. The lowest BCUT2D eigenvalue weighted by Gasteiger charge is -2.12.